The molecule has 0 aromatic heterocycles. The van der Waals surface area contributed by atoms with Gasteiger partial charge in [-0.2, -0.15) is 5.26 Å². The molecule has 1 aliphatic heterocycles. The lowest BCUT2D eigenvalue weighted by Crippen LogP contribution is -2.52. The maximum absolute atomic E-state index is 12.4. The van der Waals surface area contributed by atoms with Crippen molar-refractivity contribution in [1.29, 1.82) is 5.26 Å². The molecule has 0 radical (unpaired) electrons. The van der Waals surface area contributed by atoms with E-state index in [1.54, 1.807) is 0 Å². The molecule has 1 heterocycles. The van der Waals surface area contributed by atoms with Crippen molar-refractivity contribution in [3.05, 3.63) is 0 Å². The van der Waals surface area contributed by atoms with Crippen LogP contribution in [0.1, 0.15) is 39.5 Å². The topological polar surface area (TPSA) is 64.3 Å². The van der Waals surface area contributed by atoms with Crippen LogP contribution >= 0.6 is 0 Å². The minimum absolute atomic E-state index is 0.0205. The number of aliphatic hydroxyl groups is 1. The lowest BCUT2D eigenvalue weighted by molar-refractivity contribution is -0.147. The molecule has 100 valence electrons. The fourth-order valence-corrected chi connectivity index (χ4v) is 3.33. The molecule has 18 heavy (non-hydrogen) atoms. The van der Waals surface area contributed by atoms with Gasteiger partial charge in [-0.05, 0) is 44.4 Å². The zero-order chi connectivity index (χ0) is 13.3. The first-order valence-electron chi connectivity index (χ1n) is 6.87. The van der Waals surface area contributed by atoms with Crippen LogP contribution in [0.4, 0.5) is 0 Å². The lowest BCUT2D eigenvalue weighted by atomic mass is 9.62. The highest BCUT2D eigenvalue weighted by atomic mass is 16.3. The number of likely N-dealkylation sites (tertiary alicyclic amines) is 1. The minimum Gasteiger partial charge on any atom is -0.393 e. The van der Waals surface area contributed by atoms with Crippen LogP contribution < -0.4 is 0 Å². The highest BCUT2D eigenvalue weighted by Crippen LogP contribution is 2.46. The fourth-order valence-electron chi connectivity index (χ4n) is 3.33. The smallest absolute Gasteiger partial charge is 0.243 e. The van der Waals surface area contributed by atoms with E-state index in [0.29, 0.717) is 37.8 Å². The Hall–Kier alpha value is -1.08. The van der Waals surface area contributed by atoms with Crippen LogP contribution in [0.2, 0.25) is 0 Å². The second kappa shape index (κ2) is 4.89. The van der Waals surface area contributed by atoms with E-state index < -0.39 is 5.41 Å². The molecule has 0 aromatic carbocycles. The number of aliphatic hydroxyl groups excluding tert-OH is 1. The predicted molar refractivity (Wildman–Crippen MR) is 67.4 cm³/mol. The number of carbonyl (C=O) groups excluding carboxylic acids is 1. The molecule has 2 fully saturated rings. The third-order valence-electron chi connectivity index (χ3n) is 4.53. The first-order chi connectivity index (χ1) is 8.48. The average Bonchev–Trinajstić information content (AvgIpc) is 2.34. The van der Waals surface area contributed by atoms with Gasteiger partial charge in [0.25, 0.3) is 0 Å². The highest BCUT2D eigenvalue weighted by molar-refractivity contribution is 5.86. The number of nitrogens with zero attached hydrogens (tertiary/aromatic N) is 2. The van der Waals surface area contributed by atoms with Crippen LogP contribution in [0.25, 0.3) is 0 Å². The number of rotatable bonds is 2. The second-order valence-electron chi connectivity index (χ2n) is 6.08. The van der Waals surface area contributed by atoms with Gasteiger partial charge in [-0.25, -0.2) is 0 Å². The Morgan fingerprint density at radius 1 is 1.44 bits per heavy atom. The zero-order valence-electron chi connectivity index (χ0n) is 11.2. The van der Waals surface area contributed by atoms with Gasteiger partial charge < -0.3 is 10.0 Å². The monoisotopic (exact) mass is 250 g/mol. The van der Waals surface area contributed by atoms with E-state index >= 15 is 0 Å². The van der Waals surface area contributed by atoms with Crippen LogP contribution in [-0.4, -0.2) is 35.1 Å². The van der Waals surface area contributed by atoms with Crippen molar-refractivity contribution in [2.45, 2.75) is 45.6 Å². The van der Waals surface area contributed by atoms with Crippen LogP contribution in [-0.2, 0) is 4.79 Å². The summed E-state index contributed by atoms with van der Waals surface area (Å²) in [4.78, 5) is 14.2. The van der Waals surface area contributed by atoms with Crippen molar-refractivity contribution in [1.82, 2.24) is 4.90 Å². The van der Waals surface area contributed by atoms with E-state index in [1.807, 2.05) is 11.8 Å². The summed E-state index contributed by atoms with van der Waals surface area (Å²) in [7, 11) is 0. The molecule has 4 heteroatoms. The Morgan fingerprint density at radius 3 is 2.39 bits per heavy atom. The zero-order valence-corrected chi connectivity index (χ0v) is 11.2. The third-order valence-corrected chi connectivity index (χ3v) is 4.53. The molecule has 4 nitrogen and oxygen atoms in total. The van der Waals surface area contributed by atoms with Crippen molar-refractivity contribution in [2.24, 2.45) is 17.3 Å². The van der Waals surface area contributed by atoms with Crippen molar-refractivity contribution in [3.8, 4) is 6.07 Å². The van der Waals surface area contributed by atoms with Crippen molar-refractivity contribution < 1.29 is 9.90 Å². The SMILES string of the molecule is CC1CC(C#N)(C(=O)N2CCC(C(C)O)CC2)C1. The molecule has 1 amide bonds. The molecule has 1 saturated carbocycles. The Labute approximate surface area is 109 Å². The van der Waals surface area contributed by atoms with Gasteiger partial charge in [0.2, 0.25) is 5.91 Å². The summed E-state index contributed by atoms with van der Waals surface area (Å²) in [6, 6.07) is 2.24. The van der Waals surface area contributed by atoms with Gasteiger partial charge >= 0.3 is 0 Å². The van der Waals surface area contributed by atoms with Crippen molar-refractivity contribution in [3.63, 3.8) is 0 Å². The number of carbonyl (C=O) groups is 1. The average molecular weight is 250 g/mol. The Kier molecular flexibility index (Phi) is 3.63. The normalized spacial score (nSPS) is 34.6. The van der Waals surface area contributed by atoms with Crippen LogP contribution in [0, 0.1) is 28.6 Å². The van der Waals surface area contributed by atoms with Crippen LogP contribution in [0.15, 0.2) is 0 Å². The molecule has 1 atom stereocenters. The summed E-state index contributed by atoms with van der Waals surface area (Å²) in [5.74, 6) is 0.808. The van der Waals surface area contributed by atoms with E-state index in [9.17, 15) is 15.2 Å². The quantitative estimate of drug-likeness (QED) is 0.808. The Morgan fingerprint density at radius 2 is 2.00 bits per heavy atom. The number of amides is 1. The van der Waals surface area contributed by atoms with Gasteiger partial charge in [0.1, 0.15) is 5.41 Å². The molecular weight excluding hydrogens is 228 g/mol. The van der Waals surface area contributed by atoms with E-state index in [-0.39, 0.29) is 12.0 Å². The maximum Gasteiger partial charge on any atom is 0.243 e. The molecule has 0 aromatic rings. The second-order valence-corrected chi connectivity index (χ2v) is 6.08. The first-order valence-corrected chi connectivity index (χ1v) is 6.87. The Bertz CT molecular complexity index is 358. The maximum atomic E-state index is 12.4. The van der Waals surface area contributed by atoms with Gasteiger partial charge in [0, 0.05) is 13.1 Å². The fraction of sp³-hybridized carbons (Fsp3) is 0.857. The van der Waals surface area contributed by atoms with Gasteiger partial charge in [0.15, 0.2) is 0 Å². The highest BCUT2D eigenvalue weighted by Gasteiger charge is 2.51. The van der Waals surface area contributed by atoms with Crippen molar-refractivity contribution >= 4 is 5.91 Å². The van der Waals surface area contributed by atoms with Crippen LogP contribution in [0.5, 0.6) is 0 Å². The predicted octanol–water partition coefficient (Wildman–Crippen LogP) is 1.55. The third kappa shape index (κ3) is 2.24. The molecule has 2 aliphatic rings. The van der Waals surface area contributed by atoms with Gasteiger partial charge in [0.05, 0.1) is 12.2 Å². The van der Waals surface area contributed by atoms with Gasteiger partial charge in [-0.1, -0.05) is 6.92 Å². The number of hydrogen-bond donors (Lipinski definition) is 1. The largest absolute Gasteiger partial charge is 0.393 e. The summed E-state index contributed by atoms with van der Waals surface area (Å²) in [5.41, 5.74) is -0.739. The molecule has 0 bridgehead atoms. The summed E-state index contributed by atoms with van der Waals surface area (Å²) in [5, 5.41) is 18.8. The van der Waals surface area contributed by atoms with E-state index in [4.69, 9.17) is 0 Å². The molecule has 1 N–H and O–H groups in total. The first kappa shape index (κ1) is 13.4. The number of hydrogen-bond acceptors (Lipinski definition) is 3. The summed E-state index contributed by atoms with van der Waals surface area (Å²) in [6.45, 7) is 5.27. The Balaban J connectivity index is 1.94. The van der Waals surface area contributed by atoms with E-state index in [0.717, 1.165) is 12.8 Å². The molecule has 0 spiro atoms. The number of piperidine rings is 1. The molecule has 1 saturated heterocycles. The van der Waals surface area contributed by atoms with Gasteiger partial charge in [-0.15, -0.1) is 0 Å². The van der Waals surface area contributed by atoms with E-state index in [2.05, 4.69) is 13.0 Å². The molecule has 1 aliphatic carbocycles. The molecule has 1 unspecified atom stereocenters. The summed E-state index contributed by atoms with van der Waals surface area (Å²) < 4.78 is 0. The molecule has 2 rings (SSSR count). The van der Waals surface area contributed by atoms with E-state index in [1.165, 1.54) is 0 Å². The summed E-state index contributed by atoms with van der Waals surface area (Å²) >= 11 is 0. The van der Waals surface area contributed by atoms with Crippen LogP contribution in [0.3, 0.4) is 0 Å². The number of nitriles is 1. The summed E-state index contributed by atoms with van der Waals surface area (Å²) in [6.07, 6.45) is 2.81. The van der Waals surface area contributed by atoms with Crippen molar-refractivity contribution in [2.75, 3.05) is 13.1 Å². The minimum atomic E-state index is -0.739. The standard InChI is InChI=1S/C14H22N2O2/c1-10-7-14(8-10,9-15)13(18)16-5-3-12(4-6-16)11(2)17/h10-12,17H,3-8H2,1-2H3. The lowest BCUT2D eigenvalue weighted by Gasteiger charge is -2.44. The molecular formula is C14H22N2O2. The van der Waals surface area contributed by atoms with Gasteiger partial charge in [-0.3, -0.25) is 4.79 Å².